The molecule has 1 atom stereocenters. The van der Waals surface area contributed by atoms with Crippen molar-refractivity contribution in [2.75, 3.05) is 26.0 Å². The molecule has 0 saturated carbocycles. The average Bonchev–Trinajstić information content (AvgIpc) is 2.72. The second-order valence-corrected chi connectivity index (χ2v) is 7.11. The van der Waals surface area contributed by atoms with Gasteiger partial charge in [-0.05, 0) is 31.5 Å². The third-order valence-electron chi connectivity index (χ3n) is 4.55. The van der Waals surface area contributed by atoms with Gasteiger partial charge < -0.3 is 15.0 Å². The van der Waals surface area contributed by atoms with Crippen molar-refractivity contribution >= 4 is 29.5 Å². The third-order valence-corrected chi connectivity index (χ3v) is 5.55. The van der Waals surface area contributed by atoms with Gasteiger partial charge in [0, 0.05) is 25.4 Å². The monoisotopic (exact) mass is 401 g/mol. The van der Waals surface area contributed by atoms with Crippen LogP contribution in [-0.2, 0) is 14.3 Å². The molecule has 8 heteroatoms. The van der Waals surface area contributed by atoms with E-state index in [2.05, 4.69) is 16.1 Å². The molecule has 1 N–H and O–H groups in total. The number of amides is 2. The van der Waals surface area contributed by atoms with Crippen molar-refractivity contribution in [3.63, 3.8) is 0 Å². The SMILES string of the molecule is CCN(CC)C(=O)CSC1=C(C#N)[C@H](c2ccc(C(=O)OC)cc2)CC(=O)N1. The number of methoxy groups -OCH3 is 1. The van der Waals surface area contributed by atoms with E-state index >= 15 is 0 Å². The van der Waals surface area contributed by atoms with Crippen LogP contribution in [0.5, 0.6) is 0 Å². The van der Waals surface area contributed by atoms with Crippen LogP contribution in [0.4, 0.5) is 0 Å². The highest BCUT2D eigenvalue weighted by Gasteiger charge is 2.30. The normalized spacial score (nSPS) is 16.2. The summed E-state index contributed by atoms with van der Waals surface area (Å²) in [7, 11) is 1.31. The molecule has 1 aromatic rings. The molecule has 1 aromatic carbocycles. The van der Waals surface area contributed by atoms with Gasteiger partial charge in [0.1, 0.15) is 0 Å². The Kier molecular flexibility index (Phi) is 7.64. The lowest BCUT2D eigenvalue weighted by Crippen LogP contribution is -2.34. The van der Waals surface area contributed by atoms with Gasteiger partial charge in [0.2, 0.25) is 11.8 Å². The fourth-order valence-electron chi connectivity index (χ4n) is 2.99. The van der Waals surface area contributed by atoms with Gasteiger partial charge in [-0.3, -0.25) is 9.59 Å². The van der Waals surface area contributed by atoms with E-state index in [1.165, 1.54) is 18.9 Å². The van der Waals surface area contributed by atoms with Crippen molar-refractivity contribution in [2.45, 2.75) is 26.2 Å². The van der Waals surface area contributed by atoms with Crippen molar-refractivity contribution < 1.29 is 19.1 Å². The summed E-state index contributed by atoms with van der Waals surface area (Å²) in [5.41, 5.74) is 1.57. The molecule has 1 aliphatic rings. The minimum Gasteiger partial charge on any atom is -0.465 e. The number of benzene rings is 1. The van der Waals surface area contributed by atoms with Crippen LogP contribution < -0.4 is 5.32 Å². The Labute approximate surface area is 168 Å². The Morgan fingerprint density at radius 2 is 1.93 bits per heavy atom. The summed E-state index contributed by atoms with van der Waals surface area (Å²) in [4.78, 5) is 37.7. The standard InChI is InChI=1S/C20H23N3O4S/c1-4-23(5-2)18(25)12-28-19-16(11-21)15(10-17(24)22-19)13-6-8-14(9-7-13)20(26)27-3/h6-9,15H,4-5,10,12H2,1-3H3,(H,22,24)/t15-/m0/s1. The maximum atomic E-state index is 12.2. The highest BCUT2D eigenvalue weighted by Crippen LogP contribution is 2.36. The molecule has 28 heavy (non-hydrogen) atoms. The number of allylic oxidation sites excluding steroid dienone is 1. The van der Waals surface area contributed by atoms with Crippen LogP contribution in [0.3, 0.4) is 0 Å². The molecular formula is C20H23N3O4S. The van der Waals surface area contributed by atoms with E-state index in [1.807, 2.05) is 13.8 Å². The van der Waals surface area contributed by atoms with E-state index in [0.29, 0.717) is 29.3 Å². The van der Waals surface area contributed by atoms with Crippen LogP contribution in [-0.4, -0.2) is 48.6 Å². The molecule has 1 aliphatic heterocycles. The number of rotatable bonds is 7. The van der Waals surface area contributed by atoms with E-state index in [1.54, 1.807) is 29.2 Å². The number of hydrogen-bond donors (Lipinski definition) is 1. The van der Waals surface area contributed by atoms with Gasteiger partial charge in [-0.15, -0.1) is 0 Å². The molecule has 2 amide bonds. The molecule has 0 fully saturated rings. The summed E-state index contributed by atoms with van der Waals surface area (Å²) in [6.07, 6.45) is 0.133. The first-order chi connectivity index (χ1) is 13.4. The first-order valence-electron chi connectivity index (χ1n) is 8.98. The number of nitriles is 1. The summed E-state index contributed by atoms with van der Waals surface area (Å²) < 4.78 is 4.69. The first-order valence-corrected chi connectivity index (χ1v) is 9.96. The van der Waals surface area contributed by atoms with Gasteiger partial charge in [-0.2, -0.15) is 5.26 Å². The Balaban J connectivity index is 2.26. The second-order valence-electron chi connectivity index (χ2n) is 6.13. The summed E-state index contributed by atoms with van der Waals surface area (Å²) in [6, 6.07) is 8.84. The highest BCUT2D eigenvalue weighted by atomic mass is 32.2. The number of hydrogen-bond acceptors (Lipinski definition) is 6. The van der Waals surface area contributed by atoms with Crippen LogP contribution in [0, 0.1) is 11.3 Å². The second kappa shape index (κ2) is 9.95. The minimum absolute atomic E-state index is 0.0430. The van der Waals surface area contributed by atoms with Crippen molar-refractivity contribution in [1.82, 2.24) is 10.2 Å². The Hall–Kier alpha value is -2.79. The number of ether oxygens (including phenoxy) is 1. The molecule has 2 rings (SSSR count). The lowest BCUT2D eigenvalue weighted by Gasteiger charge is -2.25. The smallest absolute Gasteiger partial charge is 0.337 e. The molecule has 0 bridgehead atoms. The van der Waals surface area contributed by atoms with Crippen LogP contribution in [0.15, 0.2) is 34.9 Å². The van der Waals surface area contributed by atoms with Gasteiger partial charge in [0.15, 0.2) is 0 Å². The fraction of sp³-hybridized carbons (Fsp3) is 0.400. The van der Waals surface area contributed by atoms with Crippen LogP contribution in [0.2, 0.25) is 0 Å². The number of esters is 1. The van der Waals surface area contributed by atoms with E-state index in [9.17, 15) is 19.6 Å². The quantitative estimate of drug-likeness (QED) is 0.705. The molecule has 0 aromatic heterocycles. The largest absolute Gasteiger partial charge is 0.465 e. The maximum absolute atomic E-state index is 12.2. The Morgan fingerprint density at radius 3 is 2.46 bits per heavy atom. The number of carbonyl (C=O) groups excluding carboxylic acids is 3. The predicted molar refractivity (Wildman–Crippen MR) is 106 cm³/mol. The topological polar surface area (TPSA) is 99.5 Å². The molecule has 0 saturated heterocycles. The van der Waals surface area contributed by atoms with Crippen molar-refractivity contribution in [2.24, 2.45) is 0 Å². The molecule has 0 radical (unpaired) electrons. The highest BCUT2D eigenvalue weighted by molar-refractivity contribution is 8.03. The van der Waals surface area contributed by atoms with Gasteiger partial charge in [-0.25, -0.2) is 4.79 Å². The van der Waals surface area contributed by atoms with Crippen LogP contribution in [0.1, 0.15) is 42.1 Å². The molecule has 0 unspecified atom stereocenters. The number of nitrogens with one attached hydrogen (secondary N) is 1. The van der Waals surface area contributed by atoms with Crippen LogP contribution in [0.25, 0.3) is 0 Å². The van der Waals surface area contributed by atoms with Crippen molar-refractivity contribution in [3.05, 3.63) is 46.0 Å². The predicted octanol–water partition coefficient (Wildman–Crippen LogP) is 2.41. The van der Waals surface area contributed by atoms with Gasteiger partial charge >= 0.3 is 5.97 Å². The Morgan fingerprint density at radius 1 is 1.29 bits per heavy atom. The number of carbonyl (C=O) groups is 3. The molecule has 148 valence electrons. The summed E-state index contributed by atoms with van der Waals surface area (Å²) in [5, 5.41) is 12.8. The third kappa shape index (κ3) is 4.93. The zero-order valence-electron chi connectivity index (χ0n) is 16.2. The van der Waals surface area contributed by atoms with Crippen molar-refractivity contribution in [3.8, 4) is 6.07 Å². The molecule has 0 aliphatic carbocycles. The average molecular weight is 401 g/mol. The van der Waals surface area contributed by atoms with E-state index in [0.717, 1.165) is 5.56 Å². The number of nitrogens with zero attached hydrogens (tertiary/aromatic N) is 2. The van der Waals surface area contributed by atoms with Crippen molar-refractivity contribution in [1.29, 1.82) is 5.26 Å². The lowest BCUT2D eigenvalue weighted by atomic mass is 9.87. The minimum atomic E-state index is -0.449. The zero-order valence-corrected chi connectivity index (χ0v) is 17.0. The summed E-state index contributed by atoms with van der Waals surface area (Å²) >= 11 is 1.17. The van der Waals surface area contributed by atoms with E-state index < -0.39 is 11.9 Å². The van der Waals surface area contributed by atoms with Gasteiger partial charge in [0.25, 0.3) is 0 Å². The maximum Gasteiger partial charge on any atom is 0.337 e. The summed E-state index contributed by atoms with van der Waals surface area (Å²) in [5.74, 6) is -0.972. The number of thioether (sulfide) groups is 1. The first kappa shape index (κ1) is 21.5. The lowest BCUT2D eigenvalue weighted by molar-refractivity contribution is -0.128. The summed E-state index contributed by atoms with van der Waals surface area (Å²) in [6.45, 7) is 5.04. The van der Waals surface area contributed by atoms with Gasteiger partial charge in [0.05, 0.1) is 35.1 Å². The Bertz CT molecular complexity index is 823. The van der Waals surface area contributed by atoms with Gasteiger partial charge in [-0.1, -0.05) is 23.9 Å². The van der Waals surface area contributed by atoms with Crippen LogP contribution >= 0.6 is 11.8 Å². The molecule has 0 spiro atoms. The molecule has 1 heterocycles. The molecular weight excluding hydrogens is 378 g/mol. The fourth-order valence-corrected chi connectivity index (χ4v) is 3.97. The van der Waals surface area contributed by atoms with E-state index in [-0.39, 0.29) is 24.0 Å². The van der Waals surface area contributed by atoms with E-state index in [4.69, 9.17) is 0 Å². The zero-order chi connectivity index (χ0) is 20.7. The molecule has 7 nitrogen and oxygen atoms in total.